The summed E-state index contributed by atoms with van der Waals surface area (Å²) in [7, 11) is 0. The van der Waals surface area contributed by atoms with Gasteiger partial charge >= 0.3 is 0 Å². The van der Waals surface area contributed by atoms with Crippen molar-refractivity contribution in [2.45, 2.75) is 26.1 Å². The van der Waals surface area contributed by atoms with E-state index in [0.717, 1.165) is 0 Å². The number of aromatic nitrogens is 2. The van der Waals surface area contributed by atoms with Gasteiger partial charge in [0.2, 0.25) is 0 Å². The first-order valence-electron chi connectivity index (χ1n) is 5.28. The number of ether oxygens (including phenoxy) is 1. The average molecular weight is 225 g/mol. The van der Waals surface area contributed by atoms with Crippen molar-refractivity contribution in [2.75, 3.05) is 13.1 Å². The molecule has 1 aliphatic heterocycles. The average Bonchev–Trinajstić information content (AvgIpc) is 2.62. The Balaban J connectivity index is 2.12. The summed E-state index contributed by atoms with van der Waals surface area (Å²) in [6.45, 7) is 4.96. The van der Waals surface area contributed by atoms with E-state index in [0.29, 0.717) is 18.8 Å². The topological polar surface area (TPSA) is 78.2 Å². The number of hydrogen-bond acceptors (Lipinski definition) is 3. The minimum absolute atomic E-state index is 0.0263. The van der Waals surface area contributed by atoms with Gasteiger partial charge in [-0.25, -0.2) is 0 Å². The summed E-state index contributed by atoms with van der Waals surface area (Å²) in [6, 6.07) is 1.27. The van der Waals surface area contributed by atoms with Crippen LogP contribution in [0.4, 0.5) is 0 Å². The van der Waals surface area contributed by atoms with Crippen molar-refractivity contribution in [3.8, 4) is 0 Å². The fourth-order valence-corrected chi connectivity index (χ4v) is 1.96. The minimum Gasteiger partial charge on any atom is -0.372 e. The first kappa shape index (κ1) is 10.9. The van der Waals surface area contributed by atoms with E-state index >= 15 is 0 Å². The van der Waals surface area contributed by atoms with Crippen LogP contribution in [0.15, 0.2) is 10.9 Å². The zero-order valence-electron chi connectivity index (χ0n) is 9.32. The maximum Gasteiger partial charge on any atom is 0.272 e. The Bertz CT molecular complexity index is 427. The van der Waals surface area contributed by atoms with Crippen LogP contribution in [0.1, 0.15) is 24.3 Å². The van der Waals surface area contributed by atoms with Crippen LogP contribution in [-0.2, 0) is 4.74 Å². The highest BCUT2D eigenvalue weighted by molar-refractivity contribution is 5.92. The van der Waals surface area contributed by atoms with Crippen LogP contribution in [0, 0.1) is 0 Å². The third-order valence-electron chi connectivity index (χ3n) is 2.53. The van der Waals surface area contributed by atoms with Crippen LogP contribution < -0.4 is 5.56 Å². The Morgan fingerprint density at radius 1 is 1.38 bits per heavy atom. The molecule has 1 amide bonds. The van der Waals surface area contributed by atoms with Crippen LogP contribution in [0.5, 0.6) is 0 Å². The number of aromatic amines is 2. The molecule has 2 unspecified atom stereocenters. The Hall–Kier alpha value is -1.56. The summed E-state index contributed by atoms with van der Waals surface area (Å²) >= 11 is 0. The molecule has 0 bridgehead atoms. The van der Waals surface area contributed by atoms with E-state index in [2.05, 4.69) is 10.2 Å². The molecule has 0 saturated carbocycles. The molecule has 2 heterocycles. The standard InChI is InChI=1S/C10H15N3O3/c1-6-4-13(5-7(2)16-6)10(15)8-3-9(14)12-11-8/h3,6-7H,4-5H2,1-2H3,(H2,11,12,14). The number of H-pyrrole nitrogens is 2. The number of rotatable bonds is 1. The molecule has 0 radical (unpaired) electrons. The fraction of sp³-hybridized carbons (Fsp3) is 0.600. The molecule has 6 nitrogen and oxygen atoms in total. The summed E-state index contributed by atoms with van der Waals surface area (Å²) in [5.41, 5.74) is 0.00371. The van der Waals surface area contributed by atoms with Crippen molar-refractivity contribution in [3.63, 3.8) is 0 Å². The molecule has 1 aliphatic rings. The van der Waals surface area contributed by atoms with Gasteiger partial charge in [-0.2, -0.15) is 0 Å². The summed E-state index contributed by atoms with van der Waals surface area (Å²) in [5, 5.41) is 4.91. The molecule has 2 N–H and O–H groups in total. The van der Waals surface area contributed by atoms with Gasteiger partial charge < -0.3 is 9.64 Å². The third-order valence-corrected chi connectivity index (χ3v) is 2.53. The summed E-state index contributed by atoms with van der Waals surface area (Å²) < 4.78 is 5.53. The lowest BCUT2D eigenvalue weighted by molar-refractivity contribution is -0.0587. The van der Waals surface area contributed by atoms with Gasteiger partial charge in [-0.1, -0.05) is 0 Å². The number of hydrogen-bond donors (Lipinski definition) is 2. The highest BCUT2D eigenvalue weighted by Crippen LogP contribution is 2.12. The van der Waals surface area contributed by atoms with Crippen LogP contribution in [0.3, 0.4) is 0 Å². The summed E-state index contributed by atoms with van der Waals surface area (Å²) in [4.78, 5) is 24.6. The Morgan fingerprint density at radius 3 is 2.50 bits per heavy atom. The zero-order valence-corrected chi connectivity index (χ0v) is 9.32. The second-order valence-electron chi connectivity index (χ2n) is 4.14. The molecule has 0 aliphatic carbocycles. The third kappa shape index (κ3) is 2.16. The molecule has 1 saturated heterocycles. The van der Waals surface area contributed by atoms with E-state index in [1.165, 1.54) is 6.07 Å². The molecule has 1 fully saturated rings. The molecule has 6 heteroatoms. The zero-order chi connectivity index (χ0) is 11.7. The van der Waals surface area contributed by atoms with E-state index in [-0.39, 0.29) is 23.7 Å². The van der Waals surface area contributed by atoms with Gasteiger partial charge in [-0.3, -0.25) is 19.8 Å². The van der Waals surface area contributed by atoms with Gasteiger partial charge in [0.1, 0.15) is 5.69 Å². The highest BCUT2D eigenvalue weighted by Gasteiger charge is 2.27. The molecule has 0 aromatic carbocycles. The quantitative estimate of drug-likeness (QED) is 0.703. The van der Waals surface area contributed by atoms with E-state index < -0.39 is 0 Å². The molecule has 2 atom stereocenters. The van der Waals surface area contributed by atoms with Crippen LogP contribution in [0.2, 0.25) is 0 Å². The summed E-state index contributed by atoms with van der Waals surface area (Å²) in [5.74, 6) is -0.166. The molecule has 1 aromatic heterocycles. The largest absolute Gasteiger partial charge is 0.372 e. The minimum atomic E-state index is -0.294. The summed E-state index contributed by atoms with van der Waals surface area (Å²) in [6.07, 6.45) is 0.0525. The number of nitrogens with zero attached hydrogens (tertiary/aromatic N) is 1. The lowest BCUT2D eigenvalue weighted by Crippen LogP contribution is -2.48. The number of carbonyl (C=O) groups is 1. The van der Waals surface area contributed by atoms with Crippen LogP contribution in [0.25, 0.3) is 0 Å². The lowest BCUT2D eigenvalue weighted by Gasteiger charge is -2.34. The van der Waals surface area contributed by atoms with Gasteiger partial charge in [0.25, 0.3) is 11.5 Å². The van der Waals surface area contributed by atoms with Crippen molar-refractivity contribution < 1.29 is 9.53 Å². The second kappa shape index (κ2) is 4.13. The normalized spacial score (nSPS) is 25.8. The number of nitrogens with one attached hydrogen (secondary N) is 2. The first-order chi connectivity index (χ1) is 7.56. The Kier molecular flexibility index (Phi) is 2.82. The fourth-order valence-electron chi connectivity index (χ4n) is 1.96. The van der Waals surface area contributed by atoms with Crippen molar-refractivity contribution in [1.29, 1.82) is 0 Å². The maximum atomic E-state index is 12.0. The number of morpholine rings is 1. The first-order valence-corrected chi connectivity index (χ1v) is 5.28. The van der Waals surface area contributed by atoms with Gasteiger partial charge in [0.15, 0.2) is 0 Å². The van der Waals surface area contributed by atoms with Crippen molar-refractivity contribution in [2.24, 2.45) is 0 Å². The van der Waals surface area contributed by atoms with Crippen molar-refractivity contribution in [3.05, 3.63) is 22.1 Å². The Morgan fingerprint density at radius 2 is 2.00 bits per heavy atom. The molecule has 88 valence electrons. The molecular formula is C10H15N3O3. The molecular weight excluding hydrogens is 210 g/mol. The maximum absolute atomic E-state index is 12.0. The van der Waals surface area contributed by atoms with E-state index in [1.807, 2.05) is 13.8 Å². The predicted octanol–water partition coefficient (Wildman–Crippen LogP) is -0.0476. The lowest BCUT2D eigenvalue weighted by atomic mass is 10.2. The van der Waals surface area contributed by atoms with Gasteiger partial charge in [-0.05, 0) is 13.8 Å². The number of carbonyl (C=O) groups excluding carboxylic acids is 1. The molecule has 0 spiro atoms. The van der Waals surface area contributed by atoms with Gasteiger partial charge in [0, 0.05) is 19.2 Å². The van der Waals surface area contributed by atoms with E-state index in [9.17, 15) is 9.59 Å². The number of amides is 1. The van der Waals surface area contributed by atoms with Gasteiger partial charge in [0.05, 0.1) is 12.2 Å². The van der Waals surface area contributed by atoms with E-state index in [1.54, 1.807) is 4.90 Å². The highest BCUT2D eigenvalue weighted by atomic mass is 16.5. The second-order valence-corrected chi connectivity index (χ2v) is 4.14. The van der Waals surface area contributed by atoms with Gasteiger partial charge in [-0.15, -0.1) is 0 Å². The smallest absolute Gasteiger partial charge is 0.272 e. The monoisotopic (exact) mass is 225 g/mol. The SMILES string of the molecule is CC1CN(C(=O)c2cc(=O)[nH][nH]2)CC(C)O1. The Labute approximate surface area is 92.6 Å². The van der Waals surface area contributed by atoms with Crippen LogP contribution in [-0.4, -0.2) is 46.3 Å². The molecule has 1 aromatic rings. The molecule has 2 rings (SSSR count). The van der Waals surface area contributed by atoms with Crippen molar-refractivity contribution >= 4 is 5.91 Å². The predicted molar refractivity (Wildman–Crippen MR) is 57.3 cm³/mol. The van der Waals surface area contributed by atoms with Crippen molar-refractivity contribution in [1.82, 2.24) is 15.1 Å². The van der Waals surface area contributed by atoms with Crippen LogP contribution >= 0.6 is 0 Å². The van der Waals surface area contributed by atoms with E-state index in [4.69, 9.17) is 4.74 Å². The molecule has 16 heavy (non-hydrogen) atoms.